The molecule has 1 aliphatic heterocycles. The Labute approximate surface area is 129 Å². The van der Waals surface area contributed by atoms with Gasteiger partial charge < -0.3 is 19.3 Å². The van der Waals surface area contributed by atoms with E-state index in [1.54, 1.807) is 30.6 Å². The molecule has 2 heterocycles. The van der Waals surface area contributed by atoms with Gasteiger partial charge >= 0.3 is 0 Å². The number of benzene rings is 1. The van der Waals surface area contributed by atoms with Crippen molar-refractivity contribution in [3.05, 3.63) is 38.5 Å². The van der Waals surface area contributed by atoms with Crippen LogP contribution in [-0.4, -0.2) is 19.0 Å². The molecule has 106 valence electrons. The number of fused-ring (bicyclic) bond motifs is 1. The fourth-order valence-corrected chi connectivity index (χ4v) is 3.66. The van der Waals surface area contributed by atoms with Gasteiger partial charge in [0, 0.05) is 15.8 Å². The van der Waals surface area contributed by atoms with Crippen LogP contribution < -0.4 is 14.2 Å². The summed E-state index contributed by atoms with van der Waals surface area (Å²) < 4.78 is 17.0. The molecular formula is C14H13BrO4S. The fraction of sp³-hybridized carbons (Fsp3) is 0.286. The third-order valence-corrected chi connectivity index (χ3v) is 5.08. The summed E-state index contributed by atoms with van der Waals surface area (Å²) in [6, 6.07) is 5.57. The molecule has 6 heteroatoms. The minimum absolute atomic E-state index is 0.182. The van der Waals surface area contributed by atoms with Crippen molar-refractivity contribution in [1.29, 1.82) is 0 Å². The summed E-state index contributed by atoms with van der Waals surface area (Å²) in [6.07, 6.45) is -0.0746. The molecule has 0 saturated heterocycles. The lowest BCUT2D eigenvalue weighted by Crippen LogP contribution is -2.01. The van der Waals surface area contributed by atoms with Crippen LogP contribution in [0.3, 0.4) is 0 Å². The smallest absolute Gasteiger partial charge is 0.231 e. The summed E-state index contributed by atoms with van der Waals surface area (Å²) in [5.74, 6) is 1.80. The van der Waals surface area contributed by atoms with E-state index in [1.165, 1.54) is 0 Å². The predicted octanol–water partition coefficient (Wildman–Crippen LogP) is 3.52. The summed E-state index contributed by atoms with van der Waals surface area (Å²) in [5, 5.41) is 12.4. The van der Waals surface area contributed by atoms with Crippen LogP contribution in [0.15, 0.2) is 28.1 Å². The zero-order valence-corrected chi connectivity index (χ0v) is 13.2. The van der Waals surface area contributed by atoms with Crippen molar-refractivity contribution in [3.8, 4) is 17.2 Å². The van der Waals surface area contributed by atoms with Gasteiger partial charge in [0.15, 0.2) is 11.5 Å². The first-order chi connectivity index (χ1) is 9.69. The maximum atomic E-state index is 10.4. The number of thiophene rings is 1. The number of halogens is 1. The van der Waals surface area contributed by atoms with Gasteiger partial charge in [0.1, 0.15) is 0 Å². The van der Waals surface area contributed by atoms with E-state index in [2.05, 4.69) is 15.9 Å². The number of methoxy groups -OCH3 is 1. The van der Waals surface area contributed by atoms with Crippen LogP contribution in [0.25, 0.3) is 0 Å². The van der Waals surface area contributed by atoms with Crippen LogP contribution in [-0.2, 0) is 6.42 Å². The first-order valence-electron chi connectivity index (χ1n) is 6.06. The molecule has 3 rings (SSSR count). The molecule has 0 bridgehead atoms. The lowest BCUT2D eigenvalue weighted by molar-refractivity contribution is 0.170. The standard InChI is InChI=1S/C14H13BrO4S/c1-17-11-4-8(5-12-14(11)19-7-18-12)10(16)6-13-9(15)2-3-20-13/h2-5,10,16H,6-7H2,1H3. The third-order valence-electron chi connectivity index (χ3n) is 3.14. The Kier molecular flexibility index (Phi) is 3.87. The molecule has 20 heavy (non-hydrogen) atoms. The molecule has 0 amide bonds. The Morgan fingerprint density at radius 2 is 2.30 bits per heavy atom. The van der Waals surface area contributed by atoms with Gasteiger partial charge in [-0.05, 0) is 45.1 Å². The van der Waals surface area contributed by atoms with Gasteiger partial charge in [-0.15, -0.1) is 11.3 Å². The van der Waals surface area contributed by atoms with Crippen molar-refractivity contribution in [3.63, 3.8) is 0 Å². The topological polar surface area (TPSA) is 47.9 Å². The highest BCUT2D eigenvalue weighted by molar-refractivity contribution is 9.10. The number of aliphatic hydroxyl groups excluding tert-OH is 1. The maximum Gasteiger partial charge on any atom is 0.231 e. The number of hydrogen-bond donors (Lipinski definition) is 1. The second-order valence-electron chi connectivity index (χ2n) is 4.37. The minimum atomic E-state index is -0.617. The van der Waals surface area contributed by atoms with Crippen molar-refractivity contribution in [2.24, 2.45) is 0 Å². The summed E-state index contributed by atoms with van der Waals surface area (Å²) in [7, 11) is 1.57. The first-order valence-corrected chi connectivity index (χ1v) is 7.73. The molecule has 0 radical (unpaired) electrons. The van der Waals surface area contributed by atoms with Gasteiger partial charge in [0.2, 0.25) is 12.5 Å². The van der Waals surface area contributed by atoms with Gasteiger partial charge in [-0.3, -0.25) is 0 Å². The van der Waals surface area contributed by atoms with E-state index < -0.39 is 6.10 Å². The second kappa shape index (κ2) is 5.63. The Hall–Kier alpha value is -1.24. The van der Waals surface area contributed by atoms with E-state index in [1.807, 2.05) is 11.4 Å². The summed E-state index contributed by atoms with van der Waals surface area (Å²) >= 11 is 5.09. The lowest BCUT2D eigenvalue weighted by Gasteiger charge is -2.13. The van der Waals surface area contributed by atoms with E-state index in [0.717, 1.165) is 14.9 Å². The van der Waals surface area contributed by atoms with Crippen LogP contribution in [0.4, 0.5) is 0 Å². The van der Waals surface area contributed by atoms with Crippen LogP contribution in [0.1, 0.15) is 16.5 Å². The Balaban J connectivity index is 1.88. The molecular weight excluding hydrogens is 344 g/mol. The maximum absolute atomic E-state index is 10.4. The molecule has 4 nitrogen and oxygen atoms in total. The molecule has 0 fully saturated rings. The van der Waals surface area contributed by atoms with Gasteiger partial charge in [-0.2, -0.15) is 0 Å². The highest BCUT2D eigenvalue weighted by Gasteiger charge is 2.23. The molecule has 1 unspecified atom stereocenters. The Morgan fingerprint density at radius 1 is 1.45 bits per heavy atom. The molecule has 0 saturated carbocycles. The average Bonchev–Trinajstić information content (AvgIpc) is 3.07. The predicted molar refractivity (Wildman–Crippen MR) is 79.8 cm³/mol. The normalized spacial score (nSPS) is 14.3. The van der Waals surface area contributed by atoms with Gasteiger partial charge in [-0.1, -0.05) is 0 Å². The van der Waals surface area contributed by atoms with Crippen molar-refractivity contribution in [2.45, 2.75) is 12.5 Å². The second-order valence-corrected chi connectivity index (χ2v) is 6.22. The molecule has 0 spiro atoms. The Morgan fingerprint density at radius 3 is 3.00 bits per heavy atom. The van der Waals surface area contributed by atoms with Gasteiger partial charge in [0.05, 0.1) is 13.2 Å². The van der Waals surface area contributed by atoms with E-state index in [-0.39, 0.29) is 6.79 Å². The monoisotopic (exact) mass is 356 g/mol. The number of aliphatic hydroxyl groups is 1. The number of hydrogen-bond acceptors (Lipinski definition) is 5. The first kappa shape index (κ1) is 13.7. The molecule has 1 aliphatic rings. The van der Waals surface area contributed by atoms with Crippen LogP contribution in [0, 0.1) is 0 Å². The fourth-order valence-electron chi connectivity index (χ4n) is 2.11. The molecule has 0 aliphatic carbocycles. The van der Waals surface area contributed by atoms with Crippen molar-refractivity contribution in [1.82, 2.24) is 0 Å². The van der Waals surface area contributed by atoms with E-state index in [4.69, 9.17) is 14.2 Å². The van der Waals surface area contributed by atoms with Gasteiger partial charge in [0.25, 0.3) is 0 Å². The van der Waals surface area contributed by atoms with Crippen molar-refractivity contribution in [2.75, 3.05) is 13.9 Å². The quantitative estimate of drug-likeness (QED) is 0.910. The zero-order chi connectivity index (χ0) is 14.1. The lowest BCUT2D eigenvalue weighted by atomic mass is 10.0. The highest BCUT2D eigenvalue weighted by Crippen LogP contribution is 2.43. The van der Waals surface area contributed by atoms with Crippen LogP contribution in [0.2, 0.25) is 0 Å². The molecule has 1 aromatic carbocycles. The minimum Gasteiger partial charge on any atom is -0.493 e. The molecule has 2 aromatic rings. The average molecular weight is 357 g/mol. The highest BCUT2D eigenvalue weighted by atomic mass is 79.9. The van der Waals surface area contributed by atoms with Crippen molar-refractivity contribution >= 4 is 27.3 Å². The summed E-state index contributed by atoms with van der Waals surface area (Å²) in [4.78, 5) is 1.11. The summed E-state index contributed by atoms with van der Waals surface area (Å²) in [5.41, 5.74) is 0.756. The number of ether oxygens (including phenoxy) is 3. The third kappa shape index (κ3) is 2.51. The molecule has 1 aromatic heterocycles. The van der Waals surface area contributed by atoms with E-state index in [9.17, 15) is 5.11 Å². The van der Waals surface area contributed by atoms with E-state index >= 15 is 0 Å². The Bertz CT molecular complexity index is 626. The molecule has 1 N–H and O–H groups in total. The van der Waals surface area contributed by atoms with E-state index in [0.29, 0.717) is 23.7 Å². The van der Waals surface area contributed by atoms with Crippen LogP contribution >= 0.6 is 27.3 Å². The molecule has 1 atom stereocenters. The van der Waals surface area contributed by atoms with Crippen molar-refractivity contribution < 1.29 is 19.3 Å². The largest absolute Gasteiger partial charge is 0.493 e. The number of rotatable bonds is 4. The van der Waals surface area contributed by atoms with Gasteiger partial charge in [-0.25, -0.2) is 0 Å². The summed E-state index contributed by atoms with van der Waals surface area (Å²) in [6.45, 7) is 0.182. The van der Waals surface area contributed by atoms with Crippen LogP contribution in [0.5, 0.6) is 17.2 Å². The SMILES string of the molecule is COc1cc(C(O)Cc2sccc2Br)cc2c1OCO2. The zero-order valence-electron chi connectivity index (χ0n) is 10.8.